The number of nitrogens with two attached hydrogens (primary N) is 1. The molecule has 2 N–H and O–H groups in total. The van der Waals surface area contributed by atoms with Gasteiger partial charge in [-0.25, -0.2) is 29.0 Å². The van der Waals surface area contributed by atoms with Crippen LogP contribution in [0.4, 0.5) is 10.2 Å². The molecular formula is C28H21FN8O3. The minimum Gasteiger partial charge on any atom is -0.484 e. The van der Waals surface area contributed by atoms with E-state index in [1.165, 1.54) is 22.9 Å². The van der Waals surface area contributed by atoms with Crippen LogP contribution in [0.2, 0.25) is 0 Å². The maximum Gasteiger partial charge on any atom is 0.266 e. The molecule has 0 spiro atoms. The molecule has 1 aliphatic heterocycles. The Balaban J connectivity index is 1.44. The molecule has 0 saturated heterocycles. The lowest BCUT2D eigenvalue weighted by Gasteiger charge is -2.17. The molecule has 0 fully saturated rings. The molecule has 0 unspecified atom stereocenters. The summed E-state index contributed by atoms with van der Waals surface area (Å²) in [5.41, 5.74) is 9.93. The molecule has 11 nitrogen and oxygen atoms in total. The lowest BCUT2D eigenvalue weighted by atomic mass is 10.0. The number of hydrogen-bond acceptors (Lipinski definition) is 9. The van der Waals surface area contributed by atoms with E-state index in [4.69, 9.17) is 25.3 Å². The maximum absolute atomic E-state index is 14.3. The van der Waals surface area contributed by atoms with Gasteiger partial charge in [0.15, 0.2) is 11.4 Å². The number of aryl methyl sites for hydroxylation is 1. The predicted molar refractivity (Wildman–Crippen MR) is 145 cm³/mol. The van der Waals surface area contributed by atoms with Gasteiger partial charge >= 0.3 is 0 Å². The number of nitrogen functional groups attached to an aromatic ring is 1. The van der Waals surface area contributed by atoms with Gasteiger partial charge in [-0.1, -0.05) is 18.2 Å². The molecule has 0 amide bonds. The molecule has 0 atom stereocenters. The van der Waals surface area contributed by atoms with Crippen LogP contribution in [0.15, 0.2) is 66.0 Å². The van der Waals surface area contributed by atoms with Gasteiger partial charge in [-0.05, 0) is 42.3 Å². The quantitative estimate of drug-likeness (QED) is 0.359. The van der Waals surface area contributed by atoms with E-state index < -0.39 is 5.82 Å². The zero-order chi connectivity index (χ0) is 27.4. The number of nitrogens with zero attached hydrogens (tertiary/aromatic N) is 7. The second-order valence-electron chi connectivity index (χ2n) is 9.37. The van der Waals surface area contributed by atoms with E-state index in [0.717, 1.165) is 5.56 Å². The van der Waals surface area contributed by atoms with Crippen molar-refractivity contribution < 1.29 is 13.9 Å². The second-order valence-corrected chi connectivity index (χ2v) is 9.37. The predicted octanol–water partition coefficient (Wildman–Crippen LogP) is 3.41. The number of fused-ring (bicyclic) bond motifs is 3. The molecular weight excluding hydrogens is 515 g/mol. The Morgan fingerprint density at radius 1 is 1.05 bits per heavy atom. The molecule has 1 aliphatic rings. The number of rotatable bonds is 4. The Labute approximate surface area is 225 Å². The van der Waals surface area contributed by atoms with Crippen molar-refractivity contribution in [2.45, 2.75) is 13.5 Å². The van der Waals surface area contributed by atoms with Gasteiger partial charge in [-0.3, -0.25) is 9.20 Å². The Hall–Kier alpha value is -5.39. The molecule has 40 heavy (non-hydrogen) atoms. The Kier molecular flexibility index (Phi) is 5.40. The van der Waals surface area contributed by atoms with E-state index in [1.807, 2.05) is 13.0 Å². The average Bonchev–Trinajstić information content (AvgIpc) is 3.33. The monoisotopic (exact) mass is 536 g/mol. The first-order valence-electron chi connectivity index (χ1n) is 12.5. The largest absolute Gasteiger partial charge is 0.484 e. The van der Waals surface area contributed by atoms with Crippen molar-refractivity contribution in [1.29, 1.82) is 0 Å². The Morgan fingerprint density at radius 3 is 2.80 bits per heavy atom. The molecule has 12 heteroatoms. The van der Waals surface area contributed by atoms with Gasteiger partial charge in [0.1, 0.15) is 42.5 Å². The summed E-state index contributed by atoms with van der Waals surface area (Å²) in [5.74, 6) is 0.665. The summed E-state index contributed by atoms with van der Waals surface area (Å²) >= 11 is 0. The van der Waals surface area contributed by atoms with Crippen LogP contribution in [0.25, 0.3) is 39.1 Å². The topological polar surface area (TPSA) is 135 Å². The van der Waals surface area contributed by atoms with E-state index in [2.05, 4.69) is 15.0 Å². The third-order valence-electron chi connectivity index (χ3n) is 6.69. The van der Waals surface area contributed by atoms with Crippen molar-refractivity contribution in [1.82, 2.24) is 34.1 Å². The molecule has 198 valence electrons. The number of halogens is 1. The van der Waals surface area contributed by atoms with Crippen LogP contribution >= 0.6 is 0 Å². The SMILES string of the molecule is Cc1ccc2nc(Cn3nc(-c4cnc5c(c4)OCCO5)c4c(N)ncnc43)c(-c3cccc(F)c3)c(=O)n2c1. The van der Waals surface area contributed by atoms with Crippen LogP contribution < -0.4 is 20.8 Å². The van der Waals surface area contributed by atoms with Gasteiger partial charge in [-0.15, -0.1) is 0 Å². The number of pyridine rings is 2. The molecule has 5 aromatic heterocycles. The van der Waals surface area contributed by atoms with E-state index in [9.17, 15) is 9.18 Å². The fourth-order valence-electron chi connectivity index (χ4n) is 4.89. The summed E-state index contributed by atoms with van der Waals surface area (Å²) in [6.07, 6.45) is 4.68. The number of aromatic nitrogens is 7. The third-order valence-corrected chi connectivity index (χ3v) is 6.69. The van der Waals surface area contributed by atoms with Crippen LogP contribution in [0, 0.1) is 12.7 Å². The third kappa shape index (κ3) is 3.88. The molecule has 1 aromatic carbocycles. The molecule has 0 aliphatic carbocycles. The van der Waals surface area contributed by atoms with Crippen LogP contribution in [0.5, 0.6) is 11.6 Å². The number of benzene rings is 1. The lowest BCUT2D eigenvalue weighted by Crippen LogP contribution is -2.21. The number of anilines is 1. The normalized spacial score (nSPS) is 12.8. The van der Waals surface area contributed by atoms with Gasteiger partial charge in [-0.2, -0.15) is 5.10 Å². The van der Waals surface area contributed by atoms with Crippen molar-refractivity contribution >= 4 is 22.5 Å². The van der Waals surface area contributed by atoms with Gasteiger partial charge < -0.3 is 15.2 Å². The highest BCUT2D eigenvalue weighted by molar-refractivity contribution is 5.98. The Morgan fingerprint density at radius 2 is 1.93 bits per heavy atom. The summed E-state index contributed by atoms with van der Waals surface area (Å²) in [6.45, 7) is 2.76. The van der Waals surface area contributed by atoms with Crippen molar-refractivity contribution in [3.8, 4) is 34.0 Å². The highest BCUT2D eigenvalue weighted by Crippen LogP contribution is 2.36. The minimum absolute atomic E-state index is 0.0520. The Bertz CT molecular complexity index is 2020. The van der Waals surface area contributed by atoms with Crippen molar-refractivity contribution in [2.75, 3.05) is 18.9 Å². The summed E-state index contributed by atoms with van der Waals surface area (Å²) in [4.78, 5) is 31.6. The molecule has 0 saturated carbocycles. The van der Waals surface area contributed by atoms with Crippen LogP contribution in [-0.2, 0) is 6.54 Å². The smallest absolute Gasteiger partial charge is 0.266 e. The van der Waals surface area contributed by atoms with Gasteiger partial charge in [0.2, 0.25) is 0 Å². The zero-order valence-electron chi connectivity index (χ0n) is 21.2. The molecule has 0 radical (unpaired) electrons. The summed E-state index contributed by atoms with van der Waals surface area (Å²) in [5, 5.41) is 5.33. The highest BCUT2D eigenvalue weighted by atomic mass is 19.1. The summed E-state index contributed by atoms with van der Waals surface area (Å²) in [7, 11) is 0. The van der Waals surface area contributed by atoms with E-state index in [-0.39, 0.29) is 23.5 Å². The standard InChI is InChI=1S/C28H21FN8O3/c1-15-5-6-21-34-19(22(28(38)36(21)12-15)16-3-2-4-18(29)9-16)13-37-26-23(25(30)32-14-33-26)24(35-37)17-10-20-27(31-11-17)40-8-7-39-20/h2-6,9-12,14H,7-8,13H2,1H3,(H2,30,32,33). The minimum atomic E-state index is -0.462. The molecule has 6 aromatic rings. The van der Waals surface area contributed by atoms with Crippen molar-refractivity contribution in [3.63, 3.8) is 0 Å². The fraction of sp³-hybridized carbons (Fsp3) is 0.143. The lowest BCUT2D eigenvalue weighted by molar-refractivity contribution is 0.164. The van der Waals surface area contributed by atoms with Crippen LogP contribution in [0.1, 0.15) is 11.3 Å². The zero-order valence-corrected chi connectivity index (χ0v) is 21.2. The van der Waals surface area contributed by atoms with Gasteiger partial charge in [0.25, 0.3) is 11.4 Å². The molecule has 7 rings (SSSR count). The van der Waals surface area contributed by atoms with Crippen molar-refractivity contribution in [3.05, 3.63) is 88.6 Å². The fourth-order valence-corrected chi connectivity index (χ4v) is 4.89. The summed E-state index contributed by atoms with van der Waals surface area (Å²) < 4.78 is 28.6. The number of ether oxygens (including phenoxy) is 2. The first kappa shape index (κ1) is 23.7. The number of hydrogen-bond donors (Lipinski definition) is 1. The van der Waals surface area contributed by atoms with E-state index in [0.29, 0.717) is 64.0 Å². The van der Waals surface area contributed by atoms with Gasteiger partial charge in [0.05, 0.1) is 23.2 Å². The van der Waals surface area contributed by atoms with Gasteiger partial charge in [0, 0.05) is 18.0 Å². The summed E-state index contributed by atoms with van der Waals surface area (Å²) in [6, 6.07) is 11.3. The van der Waals surface area contributed by atoms with Crippen molar-refractivity contribution in [2.24, 2.45) is 0 Å². The molecule has 6 heterocycles. The maximum atomic E-state index is 14.3. The van der Waals surface area contributed by atoms with Crippen LogP contribution in [-0.4, -0.2) is 47.3 Å². The molecule has 0 bridgehead atoms. The van der Waals surface area contributed by atoms with E-state index in [1.54, 1.807) is 41.3 Å². The van der Waals surface area contributed by atoms with Crippen LogP contribution in [0.3, 0.4) is 0 Å². The van der Waals surface area contributed by atoms with E-state index >= 15 is 0 Å². The second kappa shape index (κ2) is 9.12. The first-order valence-corrected chi connectivity index (χ1v) is 12.5. The first-order chi connectivity index (χ1) is 19.5. The highest BCUT2D eigenvalue weighted by Gasteiger charge is 2.23. The average molecular weight is 537 g/mol.